The van der Waals surface area contributed by atoms with Gasteiger partial charge < -0.3 is 20.5 Å². The summed E-state index contributed by atoms with van der Waals surface area (Å²) in [7, 11) is 1.47. The summed E-state index contributed by atoms with van der Waals surface area (Å²) in [5, 5.41) is 2.99. The Bertz CT molecular complexity index is 817. The number of nitrogens with two attached hydrogens (primary N) is 1. The Kier molecular flexibility index (Phi) is 6.22. The van der Waals surface area contributed by atoms with E-state index in [-0.39, 0.29) is 18.6 Å². The summed E-state index contributed by atoms with van der Waals surface area (Å²) in [6.07, 6.45) is 0. The van der Waals surface area contributed by atoms with Crippen LogP contribution in [0.5, 0.6) is 11.5 Å². The van der Waals surface area contributed by atoms with Crippen LogP contribution in [0.3, 0.4) is 0 Å². The molecule has 0 fully saturated rings. The number of primary amides is 1. The van der Waals surface area contributed by atoms with Gasteiger partial charge in [0.1, 0.15) is 0 Å². The molecule has 0 aliphatic carbocycles. The van der Waals surface area contributed by atoms with E-state index >= 15 is 0 Å². The minimum Gasteiger partial charge on any atom is -0.493 e. The monoisotopic (exact) mass is 356 g/mol. The largest absolute Gasteiger partial charge is 0.493 e. The summed E-state index contributed by atoms with van der Waals surface area (Å²) in [6, 6.07) is 10.8. The van der Waals surface area contributed by atoms with E-state index in [0.29, 0.717) is 17.1 Å². The van der Waals surface area contributed by atoms with Gasteiger partial charge in [0.25, 0.3) is 11.8 Å². The van der Waals surface area contributed by atoms with Gasteiger partial charge in [0.2, 0.25) is 0 Å². The standard InChI is InChI=1S/C20H24N2O4/c1-12-5-6-13(2)16(9-12)14(3)22-20(24)15-7-8-17(18(10-15)25-4)26-11-19(21)23/h5-10,14H,11H2,1-4H3,(H2,21,23)(H,22,24)/t14-/m0/s1. The molecule has 6 heteroatoms. The number of ether oxygens (including phenoxy) is 2. The highest BCUT2D eigenvalue weighted by molar-refractivity contribution is 5.95. The zero-order valence-corrected chi connectivity index (χ0v) is 15.5. The molecule has 0 aliphatic heterocycles. The molecule has 0 aliphatic rings. The fourth-order valence-electron chi connectivity index (χ4n) is 2.66. The van der Waals surface area contributed by atoms with Crippen molar-refractivity contribution < 1.29 is 19.1 Å². The lowest BCUT2D eigenvalue weighted by atomic mass is 9.99. The first-order chi connectivity index (χ1) is 12.3. The third-order valence-electron chi connectivity index (χ3n) is 4.04. The summed E-state index contributed by atoms with van der Waals surface area (Å²) >= 11 is 0. The summed E-state index contributed by atoms with van der Waals surface area (Å²) < 4.78 is 10.5. The number of carbonyl (C=O) groups excluding carboxylic acids is 2. The van der Waals surface area contributed by atoms with Crippen molar-refractivity contribution >= 4 is 11.8 Å². The predicted octanol–water partition coefficient (Wildman–Crippen LogP) is 2.67. The first-order valence-corrected chi connectivity index (χ1v) is 8.29. The van der Waals surface area contributed by atoms with E-state index in [1.807, 2.05) is 32.9 Å². The number of rotatable bonds is 7. The maximum atomic E-state index is 12.6. The van der Waals surface area contributed by atoms with Gasteiger partial charge in [-0.1, -0.05) is 23.8 Å². The highest BCUT2D eigenvalue weighted by atomic mass is 16.5. The van der Waals surface area contributed by atoms with Crippen molar-refractivity contribution in [3.05, 3.63) is 58.7 Å². The van der Waals surface area contributed by atoms with E-state index in [2.05, 4.69) is 11.4 Å². The van der Waals surface area contributed by atoms with E-state index < -0.39 is 5.91 Å². The molecule has 0 saturated carbocycles. The number of hydrogen-bond acceptors (Lipinski definition) is 4. The molecule has 0 bridgehead atoms. The van der Waals surface area contributed by atoms with Gasteiger partial charge in [0.15, 0.2) is 18.1 Å². The third-order valence-corrected chi connectivity index (χ3v) is 4.04. The van der Waals surface area contributed by atoms with Crippen molar-refractivity contribution in [3.63, 3.8) is 0 Å². The summed E-state index contributed by atoms with van der Waals surface area (Å²) in [6.45, 7) is 5.73. The number of amides is 2. The lowest BCUT2D eigenvalue weighted by Crippen LogP contribution is -2.27. The van der Waals surface area contributed by atoms with E-state index in [4.69, 9.17) is 15.2 Å². The van der Waals surface area contributed by atoms with Crippen molar-refractivity contribution in [2.24, 2.45) is 5.73 Å². The van der Waals surface area contributed by atoms with Gasteiger partial charge in [-0.2, -0.15) is 0 Å². The number of methoxy groups -OCH3 is 1. The maximum absolute atomic E-state index is 12.6. The van der Waals surface area contributed by atoms with Crippen molar-refractivity contribution in [3.8, 4) is 11.5 Å². The Morgan fingerprint density at radius 2 is 1.85 bits per heavy atom. The molecule has 6 nitrogen and oxygen atoms in total. The van der Waals surface area contributed by atoms with Gasteiger partial charge in [-0.25, -0.2) is 0 Å². The van der Waals surface area contributed by atoms with Crippen LogP contribution in [-0.4, -0.2) is 25.5 Å². The van der Waals surface area contributed by atoms with Crippen LogP contribution in [0.4, 0.5) is 0 Å². The number of hydrogen-bond donors (Lipinski definition) is 2. The minimum absolute atomic E-state index is 0.140. The maximum Gasteiger partial charge on any atom is 0.255 e. The average Bonchev–Trinajstić information content (AvgIpc) is 2.61. The third kappa shape index (κ3) is 4.75. The molecule has 3 N–H and O–H groups in total. The second kappa shape index (κ2) is 8.38. The molecule has 0 spiro atoms. The molecular weight excluding hydrogens is 332 g/mol. The molecule has 138 valence electrons. The SMILES string of the molecule is COc1cc(C(=O)N[C@@H](C)c2cc(C)ccc2C)ccc1OCC(N)=O. The molecule has 2 rings (SSSR count). The number of nitrogens with one attached hydrogen (secondary N) is 1. The van der Waals surface area contributed by atoms with Crippen LogP contribution < -0.4 is 20.5 Å². The van der Waals surface area contributed by atoms with Crippen LogP contribution in [0.2, 0.25) is 0 Å². The number of aryl methyl sites for hydroxylation is 2. The quantitative estimate of drug-likeness (QED) is 0.798. The molecule has 0 heterocycles. The summed E-state index contributed by atoms with van der Waals surface area (Å²) in [5.41, 5.74) is 8.85. The van der Waals surface area contributed by atoms with E-state index in [1.165, 1.54) is 7.11 Å². The fourth-order valence-corrected chi connectivity index (χ4v) is 2.66. The highest BCUT2D eigenvalue weighted by Crippen LogP contribution is 2.28. The molecule has 2 amide bonds. The lowest BCUT2D eigenvalue weighted by molar-refractivity contribution is -0.119. The first-order valence-electron chi connectivity index (χ1n) is 8.29. The van der Waals surface area contributed by atoms with Gasteiger partial charge in [0.05, 0.1) is 13.2 Å². The van der Waals surface area contributed by atoms with Crippen LogP contribution >= 0.6 is 0 Å². The van der Waals surface area contributed by atoms with Crippen LogP contribution in [-0.2, 0) is 4.79 Å². The van der Waals surface area contributed by atoms with Crippen molar-refractivity contribution in [1.29, 1.82) is 0 Å². The minimum atomic E-state index is -0.587. The molecule has 26 heavy (non-hydrogen) atoms. The zero-order chi connectivity index (χ0) is 19.3. The van der Waals surface area contributed by atoms with Crippen LogP contribution in [0.1, 0.15) is 40.0 Å². The zero-order valence-electron chi connectivity index (χ0n) is 15.5. The van der Waals surface area contributed by atoms with Gasteiger partial charge in [0, 0.05) is 5.56 Å². The Morgan fingerprint density at radius 3 is 2.50 bits per heavy atom. The van der Waals surface area contributed by atoms with E-state index in [1.54, 1.807) is 18.2 Å². The number of benzene rings is 2. The Balaban J connectivity index is 2.16. The average molecular weight is 356 g/mol. The molecule has 0 unspecified atom stereocenters. The Morgan fingerprint density at radius 1 is 1.12 bits per heavy atom. The number of carbonyl (C=O) groups is 2. The molecule has 2 aromatic carbocycles. The fraction of sp³-hybridized carbons (Fsp3) is 0.300. The second-order valence-corrected chi connectivity index (χ2v) is 6.18. The van der Waals surface area contributed by atoms with Crippen molar-refractivity contribution in [1.82, 2.24) is 5.32 Å². The van der Waals surface area contributed by atoms with Crippen molar-refractivity contribution in [2.75, 3.05) is 13.7 Å². The summed E-state index contributed by atoms with van der Waals surface area (Å²) in [5.74, 6) is -0.0990. The van der Waals surface area contributed by atoms with E-state index in [0.717, 1.165) is 16.7 Å². The second-order valence-electron chi connectivity index (χ2n) is 6.18. The lowest BCUT2D eigenvalue weighted by Gasteiger charge is -2.18. The summed E-state index contributed by atoms with van der Waals surface area (Å²) in [4.78, 5) is 23.4. The Hall–Kier alpha value is -3.02. The van der Waals surface area contributed by atoms with Crippen LogP contribution in [0.15, 0.2) is 36.4 Å². The molecule has 0 aromatic heterocycles. The molecule has 0 radical (unpaired) electrons. The predicted molar refractivity (Wildman–Crippen MR) is 99.5 cm³/mol. The van der Waals surface area contributed by atoms with Crippen LogP contribution in [0.25, 0.3) is 0 Å². The molecular formula is C20H24N2O4. The topological polar surface area (TPSA) is 90.7 Å². The van der Waals surface area contributed by atoms with Gasteiger partial charge in [-0.05, 0) is 50.1 Å². The Labute approximate surface area is 153 Å². The molecule has 2 aromatic rings. The van der Waals surface area contributed by atoms with Gasteiger partial charge in [-0.3, -0.25) is 9.59 Å². The van der Waals surface area contributed by atoms with Gasteiger partial charge >= 0.3 is 0 Å². The highest BCUT2D eigenvalue weighted by Gasteiger charge is 2.16. The van der Waals surface area contributed by atoms with Crippen LogP contribution in [0, 0.1) is 13.8 Å². The van der Waals surface area contributed by atoms with Crippen molar-refractivity contribution in [2.45, 2.75) is 26.8 Å². The van der Waals surface area contributed by atoms with Gasteiger partial charge in [-0.15, -0.1) is 0 Å². The van der Waals surface area contributed by atoms with E-state index in [9.17, 15) is 9.59 Å². The molecule has 1 atom stereocenters. The molecule has 0 saturated heterocycles. The first kappa shape index (κ1) is 19.3. The smallest absolute Gasteiger partial charge is 0.255 e. The normalized spacial score (nSPS) is 11.5.